The minimum atomic E-state index is -2.89. The Bertz CT molecular complexity index is 995. The first kappa shape index (κ1) is 17.3. The smallest absolute Gasteiger partial charge is 0.317 e. The van der Waals surface area contributed by atoms with Crippen molar-refractivity contribution < 1.29 is 17.6 Å². The number of aromatic amines is 1. The van der Waals surface area contributed by atoms with Gasteiger partial charge >= 0.3 is 5.69 Å². The first-order valence-corrected chi connectivity index (χ1v) is 7.72. The van der Waals surface area contributed by atoms with Gasteiger partial charge in [-0.3, -0.25) is 0 Å². The van der Waals surface area contributed by atoms with Gasteiger partial charge in [-0.25, -0.2) is 27.3 Å². The summed E-state index contributed by atoms with van der Waals surface area (Å²) in [5, 5.41) is -0.199. The van der Waals surface area contributed by atoms with Crippen LogP contribution in [0.3, 0.4) is 0 Å². The Hall–Kier alpha value is -2.49. The second kappa shape index (κ2) is 6.79. The Morgan fingerprint density at radius 1 is 1.24 bits per heavy atom. The van der Waals surface area contributed by atoms with E-state index in [1.807, 2.05) is 0 Å². The van der Waals surface area contributed by atoms with Crippen molar-refractivity contribution in [2.45, 2.75) is 6.43 Å². The summed E-state index contributed by atoms with van der Waals surface area (Å²) in [7, 11) is 0. The zero-order chi connectivity index (χ0) is 18.1. The Labute approximate surface area is 146 Å². The summed E-state index contributed by atoms with van der Waals surface area (Å²) < 4.78 is 54.6. The highest BCUT2D eigenvalue weighted by atomic mass is 79.9. The van der Waals surface area contributed by atoms with Gasteiger partial charge in [0.05, 0.1) is 23.1 Å². The number of fused-ring (bicyclic) bond motifs is 1. The molecule has 0 saturated carbocycles. The summed E-state index contributed by atoms with van der Waals surface area (Å²) >= 11 is 2.87. The van der Waals surface area contributed by atoms with Gasteiger partial charge in [-0.05, 0) is 34.1 Å². The molecule has 0 fully saturated rings. The van der Waals surface area contributed by atoms with E-state index in [1.165, 1.54) is 18.3 Å². The molecule has 1 aromatic carbocycles. The Morgan fingerprint density at radius 3 is 2.72 bits per heavy atom. The number of nitrogens with one attached hydrogen (secondary N) is 1. The van der Waals surface area contributed by atoms with E-state index in [1.54, 1.807) is 0 Å². The molecule has 0 bridgehead atoms. The predicted octanol–water partition coefficient (Wildman–Crippen LogP) is 3.76. The fourth-order valence-electron chi connectivity index (χ4n) is 2.40. The van der Waals surface area contributed by atoms with Crippen molar-refractivity contribution >= 4 is 38.3 Å². The van der Waals surface area contributed by atoms with Gasteiger partial charge < -0.3 is 9.88 Å². The minimum absolute atomic E-state index is 0.0581. The highest BCUT2D eigenvalue weighted by Crippen LogP contribution is 2.34. The molecule has 1 N–H and O–H groups in total. The van der Waals surface area contributed by atoms with E-state index in [2.05, 4.69) is 30.9 Å². The van der Waals surface area contributed by atoms with E-state index < -0.39 is 36.1 Å². The number of alkyl halides is 2. The number of hydrogen-bond acceptors (Lipinski definition) is 4. The molecule has 25 heavy (non-hydrogen) atoms. The lowest BCUT2D eigenvalue weighted by molar-refractivity contribution is 0.157. The van der Waals surface area contributed by atoms with Gasteiger partial charge in [0.1, 0.15) is 10.4 Å². The van der Waals surface area contributed by atoms with Crippen molar-refractivity contribution in [3.8, 4) is 0 Å². The maximum atomic E-state index is 14.4. The second-order valence-corrected chi connectivity index (χ2v) is 5.72. The first-order valence-electron chi connectivity index (χ1n) is 6.92. The van der Waals surface area contributed by atoms with Crippen LogP contribution in [0.15, 0.2) is 39.9 Å². The van der Waals surface area contributed by atoms with Crippen LogP contribution in [-0.2, 0) is 0 Å². The Balaban J connectivity index is 2.33. The van der Waals surface area contributed by atoms with E-state index in [9.17, 15) is 22.4 Å². The largest absolute Gasteiger partial charge is 0.347 e. The van der Waals surface area contributed by atoms with Gasteiger partial charge in [0, 0.05) is 6.20 Å². The van der Waals surface area contributed by atoms with Gasteiger partial charge in [0.2, 0.25) is 0 Å². The molecule has 0 atom stereocenters. The van der Waals surface area contributed by atoms with Crippen LogP contribution in [0, 0.1) is 11.6 Å². The number of halogens is 5. The monoisotopic (exact) mass is 416 g/mol. The molecule has 3 aromatic rings. The van der Waals surface area contributed by atoms with Crippen molar-refractivity contribution in [1.29, 1.82) is 0 Å². The van der Waals surface area contributed by atoms with E-state index in [4.69, 9.17) is 0 Å². The molecule has 130 valence electrons. The van der Waals surface area contributed by atoms with Crippen molar-refractivity contribution in [3.63, 3.8) is 0 Å². The van der Waals surface area contributed by atoms with Crippen molar-refractivity contribution in [3.05, 3.63) is 57.2 Å². The van der Waals surface area contributed by atoms with Crippen LogP contribution in [0.2, 0.25) is 0 Å². The molecule has 2 heterocycles. The Morgan fingerprint density at radius 2 is 2.00 bits per heavy atom. The van der Waals surface area contributed by atoms with Crippen molar-refractivity contribution in [2.75, 3.05) is 11.4 Å². The van der Waals surface area contributed by atoms with Crippen LogP contribution in [-0.4, -0.2) is 27.9 Å². The van der Waals surface area contributed by atoms with E-state index >= 15 is 0 Å². The molecule has 0 radical (unpaired) electrons. The molecule has 0 aliphatic heterocycles. The average Bonchev–Trinajstić information content (AvgIpc) is 2.54. The molecule has 0 unspecified atom stereocenters. The zero-order valence-electron chi connectivity index (χ0n) is 12.3. The summed E-state index contributed by atoms with van der Waals surface area (Å²) in [4.78, 5) is 22.1. The number of rotatable bonds is 4. The molecule has 0 aliphatic rings. The lowest BCUT2D eigenvalue weighted by Crippen LogP contribution is -2.28. The molecule has 2 aromatic heterocycles. The fraction of sp³-hybridized carbons (Fsp3) is 0.133. The highest BCUT2D eigenvalue weighted by molar-refractivity contribution is 9.10. The summed E-state index contributed by atoms with van der Waals surface area (Å²) in [5.74, 6) is -2.13. The third-order valence-corrected chi connectivity index (χ3v) is 3.93. The minimum Gasteiger partial charge on any atom is -0.317 e. The molecule has 10 heteroatoms. The molecule has 0 spiro atoms. The number of hydrogen-bond donors (Lipinski definition) is 1. The molecule has 3 rings (SSSR count). The molecule has 5 nitrogen and oxygen atoms in total. The first-order chi connectivity index (χ1) is 11.9. The van der Waals surface area contributed by atoms with Crippen molar-refractivity contribution in [1.82, 2.24) is 15.0 Å². The standard InChI is InChI=1S/C15H9BrF4N4O/c16-13-12(20)9(4-5-21-13)24(6-10(18)19)14-11-7(17)2-1-3-8(11)22-15(25)23-14/h1-5,10H,6H2,(H,22,23,25). The van der Waals surface area contributed by atoms with Crippen LogP contribution >= 0.6 is 15.9 Å². The number of H-pyrrole nitrogens is 1. The highest BCUT2D eigenvalue weighted by Gasteiger charge is 2.24. The van der Waals surface area contributed by atoms with Crippen LogP contribution < -0.4 is 10.6 Å². The lowest BCUT2D eigenvalue weighted by Gasteiger charge is -2.25. The van der Waals surface area contributed by atoms with E-state index in [-0.39, 0.29) is 21.2 Å². The maximum Gasteiger partial charge on any atom is 0.347 e. The topological polar surface area (TPSA) is 61.9 Å². The van der Waals surface area contributed by atoms with Gasteiger partial charge in [0.25, 0.3) is 6.43 Å². The van der Waals surface area contributed by atoms with E-state index in [0.717, 1.165) is 17.0 Å². The van der Waals surface area contributed by atoms with Crippen LogP contribution in [0.4, 0.5) is 29.1 Å². The molecule has 0 saturated heterocycles. The van der Waals surface area contributed by atoms with Crippen LogP contribution in [0.5, 0.6) is 0 Å². The van der Waals surface area contributed by atoms with Gasteiger partial charge in [-0.15, -0.1) is 0 Å². The molecule has 0 aliphatic carbocycles. The van der Waals surface area contributed by atoms with Gasteiger partial charge in [0.15, 0.2) is 11.6 Å². The third-order valence-electron chi connectivity index (χ3n) is 3.38. The molecular formula is C15H9BrF4N4O. The van der Waals surface area contributed by atoms with E-state index in [0.29, 0.717) is 0 Å². The Kier molecular flexibility index (Phi) is 4.71. The van der Waals surface area contributed by atoms with Crippen molar-refractivity contribution in [2.24, 2.45) is 0 Å². The number of pyridine rings is 1. The number of anilines is 2. The quantitative estimate of drug-likeness (QED) is 0.519. The summed E-state index contributed by atoms with van der Waals surface area (Å²) in [6.07, 6.45) is -1.71. The number of nitrogens with zero attached hydrogens (tertiary/aromatic N) is 3. The van der Waals surface area contributed by atoms with Gasteiger partial charge in [-0.2, -0.15) is 4.98 Å². The number of benzene rings is 1. The van der Waals surface area contributed by atoms with Crippen LogP contribution in [0.25, 0.3) is 10.9 Å². The second-order valence-electron chi connectivity index (χ2n) is 4.96. The van der Waals surface area contributed by atoms with Crippen LogP contribution in [0.1, 0.15) is 0 Å². The zero-order valence-corrected chi connectivity index (χ0v) is 13.9. The molecular weight excluding hydrogens is 408 g/mol. The maximum absolute atomic E-state index is 14.4. The fourth-order valence-corrected chi connectivity index (χ4v) is 2.72. The number of aromatic nitrogens is 3. The summed E-state index contributed by atoms with van der Waals surface area (Å²) in [5.41, 5.74) is -1.13. The third kappa shape index (κ3) is 3.34. The SMILES string of the molecule is O=c1nc(N(CC(F)F)c2ccnc(Br)c2F)c2c(F)cccc2[nH]1. The summed E-state index contributed by atoms with van der Waals surface area (Å²) in [6, 6.07) is 4.96. The normalized spacial score (nSPS) is 11.3. The average molecular weight is 417 g/mol. The molecule has 0 amide bonds. The summed E-state index contributed by atoms with van der Waals surface area (Å²) in [6.45, 7) is -0.993. The predicted molar refractivity (Wildman–Crippen MR) is 87.2 cm³/mol. The van der Waals surface area contributed by atoms with Gasteiger partial charge in [-0.1, -0.05) is 6.07 Å². The lowest BCUT2D eigenvalue weighted by atomic mass is 10.2.